The molecule has 2 aromatic rings. The molecule has 1 saturated heterocycles. The number of nitrogens with one attached hydrogen (secondary N) is 1. The van der Waals surface area contributed by atoms with Gasteiger partial charge in [0.1, 0.15) is 0 Å². The fourth-order valence-electron chi connectivity index (χ4n) is 3.69. The molecule has 0 spiro atoms. The third-order valence-corrected chi connectivity index (χ3v) is 5.98. The van der Waals surface area contributed by atoms with E-state index < -0.39 is 0 Å². The molecule has 1 aliphatic heterocycles. The SMILES string of the molecule is CCCN(Cc1ccc(SC)cc1)C(=O)c1ccc([C@@H]2CCCNC2)cc1. The number of piperidine rings is 1. The van der Waals surface area contributed by atoms with E-state index in [0.717, 1.165) is 31.6 Å². The van der Waals surface area contributed by atoms with Gasteiger partial charge >= 0.3 is 0 Å². The monoisotopic (exact) mass is 382 g/mol. The molecule has 0 aromatic heterocycles. The van der Waals surface area contributed by atoms with Gasteiger partial charge in [0.05, 0.1) is 0 Å². The van der Waals surface area contributed by atoms with Crippen LogP contribution in [-0.2, 0) is 6.54 Å². The van der Waals surface area contributed by atoms with E-state index in [1.807, 2.05) is 17.0 Å². The Labute approximate surface area is 167 Å². The number of hydrogen-bond donors (Lipinski definition) is 1. The molecule has 1 amide bonds. The van der Waals surface area contributed by atoms with Gasteiger partial charge < -0.3 is 10.2 Å². The first-order valence-corrected chi connectivity index (χ1v) is 11.2. The highest BCUT2D eigenvalue weighted by Gasteiger charge is 2.18. The van der Waals surface area contributed by atoms with E-state index in [2.05, 4.69) is 54.9 Å². The molecule has 1 atom stereocenters. The summed E-state index contributed by atoms with van der Waals surface area (Å²) in [5, 5.41) is 3.46. The molecule has 0 saturated carbocycles. The van der Waals surface area contributed by atoms with Gasteiger partial charge in [-0.3, -0.25) is 4.79 Å². The number of carbonyl (C=O) groups excluding carboxylic acids is 1. The van der Waals surface area contributed by atoms with E-state index >= 15 is 0 Å². The quantitative estimate of drug-likeness (QED) is 0.689. The summed E-state index contributed by atoms with van der Waals surface area (Å²) >= 11 is 1.74. The standard InChI is InChI=1S/C23H30N2OS/c1-3-15-25(17-18-6-12-22(27-2)13-7-18)23(26)20-10-8-19(9-11-20)21-5-4-14-24-16-21/h6-13,21,24H,3-5,14-17H2,1-2H3/t21-/m1/s1. The molecule has 1 N–H and O–H groups in total. The zero-order valence-electron chi connectivity index (χ0n) is 16.4. The average Bonchev–Trinajstić information content (AvgIpc) is 2.74. The second-order valence-corrected chi connectivity index (χ2v) is 8.12. The Balaban J connectivity index is 1.69. The van der Waals surface area contributed by atoms with E-state index in [-0.39, 0.29) is 5.91 Å². The van der Waals surface area contributed by atoms with E-state index in [0.29, 0.717) is 12.5 Å². The number of nitrogens with zero attached hydrogens (tertiary/aromatic N) is 1. The molecular formula is C23H30N2OS. The summed E-state index contributed by atoms with van der Waals surface area (Å²) in [5.74, 6) is 0.698. The van der Waals surface area contributed by atoms with E-state index in [1.54, 1.807) is 11.8 Å². The van der Waals surface area contributed by atoms with Crippen molar-refractivity contribution in [1.29, 1.82) is 0 Å². The van der Waals surface area contributed by atoms with Crippen LogP contribution in [-0.4, -0.2) is 36.7 Å². The first-order valence-electron chi connectivity index (χ1n) is 9.94. The summed E-state index contributed by atoms with van der Waals surface area (Å²) in [4.78, 5) is 16.3. The van der Waals surface area contributed by atoms with Crippen molar-refractivity contribution in [3.05, 3.63) is 65.2 Å². The summed E-state index contributed by atoms with van der Waals surface area (Å²) < 4.78 is 0. The molecule has 0 aliphatic carbocycles. The van der Waals surface area contributed by atoms with Crippen molar-refractivity contribution in [3.63, 3.8) is 0 Å². The predicted octanol–water partition coefficient (Wildman–Crippen LogP) is 4.93. The van der Waals surface area contributed by atoms with Gasteiger partial charge in [-0.1, -0.05) is 31.2 Å². The number of hydrogen-bond acceptors (Lipinski definition) is 3. The predicted molar refractivity (Wildman–Crippen MR) is 115 cm³/mol. The summed E-state index contributed by atoms with van der Waals surface area (Å²) in [7, 11) is 0. The lowest BCUT2D eigenvalue weighted by atomic mass is 9.91. The molecule has 1 aliphatic rings. The first kappa shape index (κ1) is 20.0. The van der Waals surface area contributed by atoms with Gasteiger partial charge in [-0.25, -0.2) is 0 Å². The van der Waals surface area contributed by atoms with Crippen LogP contribution < -0.4 is 5.32 Å². The molecule has 2 aromatic carbocycles. The van der Waals surface area contributed by atoms with Gasteiger partial charge in [0.25, 0.3) is 5.91 Å². The summed E-state index contributed by atoms with van der Waals surface area (Å²) in [5.41, 5.74) is 3.31. The second kappa shape index (κ2) is 9.95. The minimum Gasteiger partial charge on any atom is -0.334 e. The van der Waals surface area contributed by atoms with Crippen molar-refractivity contribution < 1.29 is 4.79 Å². The van der Waals surface area contributed by atoms with Gasteiger partial charge in [0.15, 0.2) is 0 Å². The van der Waals surface area contributed by atoms with Crippen LogP contribution in [0.4, 0.5) is 0 Å². The van der Waals surface area contributed by atoms with Crippen molar-refractivity contribution in [2.24, 2.45) is 0 Å². The number of benzene rings is 2. The minimum atomic E-state index is 0.124. The van der Waals surface area contributed by atoms with Gasteiger partial charge in [0, 0.05) is 30.1 Å². The highest BCUT2D eigenvalue weighted by atomic mass is 32.2. The molecule has 3 nitrogen and oxygen atoms in total. The molecule has 4 heteroatoms. The summed E-state index contributed by atoms with van der Waals surface area (Å²) in [6.07, 6.45) is 5.49. The van der Waals surface area contributed by atoms with Crippen LogP contribution in [0.1, 0.15) is 53.6 Å². The van der Waals surface area contributed by atoms with Crippen LogP contribution in [0.5, 0.6) is 0 Å². The Morgan fingerprint density at radius 3 is 2.48 bits per heavy atom. The molecule has 27 heavy (non-hydrogen) atoms. The lowest BCUT2D eigenvalue weighted by Gasteiger charge is -2.24. The van der Waals surface area contributed by atoms with E-state index in [4.69, 9.17) is 0 Å². The summed E-state index contributed by atoms with van der Waals surface area (Å²) in [6.45, 7) is 5.72. The first-order chi connectivity index (χ1) is 13.2. The number of thioether (sulfide) groups is 1. The Morgan fingerprint density at radius 2 is 1.89 bits per heavy atom. The third-order valence-electron chi connectivity index (χ3n) is 5.24. The van der Waals surface area contributed by atoms with Crippen LogP contribution in [0.2, 0.25) is 0 Å². The third kappa shape index (κ3) is 5.36. The van der Waals surface area contributed by atoms with Crippen LogP contribution in [0.3, 0.4) is 0 Å². The maximum absolute atomic E-state index is 13.1. The Bertz CT molecular complexity index is 721. The van der Waals surface area contributed by atoms with Crippen molar-refractivity contribution >= 4 is 17.7 Å². The molecule has 1 heterocycles. The Morgan fingerprint density at radius 1 is 1.15 bits per heavy atom. The zero-order chi connectivity index (χ0) is 19.1. The fourth-order valence-corrected chi connectivity index (χ4v) is 4.10. The normalized spacial score (nSPS) is 16.9. The molecule has 144 valence electrons. The van der Waals surface area contributed by atoms with Crippen molar-refractivity contribution in [3.8, 4) is 0 Å². The van der Waals surface area contributed by atoms with Crippen molar-refractivity contribution in [1.82, 2.24) is 10.2 Å². The van der Waals surface area contributed by atoms with Crippen LogP contribution in [0.25, 0.3) is 0 Å². The lowest BCUT2D eigenvalue weighted by molar-refractivity contribution is 0.0743. The van der Waals surface area contributed by atoms with Crippen molar-refractivity contribution in [2.75, 3.05) is 25.9 Å². The molecule has 3 rings (SSSR count). The highest BCUT2D eigenvalue weighted by Crippen LogP contribution is 2.24. The minimum absolute atomic E-state index is 0.124. The highest BCUT2D eigenvalue weighted by molar-refractivity contribution is 7.98. The molecule has 0 unspecified atom stereocenters. The molecule has 0 radical (unpaired) electrons. The maximum Gasteiger partial charge on any atom is 0.254 e. The summed E-state index contributed by atoms with van der Waals surface area (Å²) in [6, 6.07) is 16.8. The topological polar surface area (TPSA) is 32.3 Å². The number of amides is 1. The maximum atomic E-state index is 13.1. The van der Waals surface area contributed by atoms with Crippen LogP contribution in [0.15, 0.2) is 53.4 Å². The largest absolute Gasteiger partial charge is 0.334 e. The number of carbonyl (C=O) groups is 1. The van der Waals surface area contributed by atoms with Gasteiger partial charge in [-0.05, 0) is 73.4 Å². The fraction of sp³-hybridized carbons (Fsp3) is 0.435. The lowest BCUT2D eigenvalue weighted by Crippen LogP contribution is -2.31. The van der Waals surface area contributed by atoms with Gasteiger partial charge in [-0.15, -0.1) is 11.8 Å². The van der Waals surface area contributed by atoms with Crippen LogP contribution in [0, 0.1) is 0 Å². The van der Waals surface area contributed by atoms with Crippen molar-refractivity contribution in [2.45, 2.75) is 43.5 Å². The van der Waals surface area contributed by atoms with Gasteiger partial charge in [0.2, 0.25) is 0 Å². The van der Waals surface area contributed by atoms with E-state index in [1.165, 1.54) is 28.9 Å². The number of rotatable bonds is 7. The molecule has 1 fully saturated rings. The van der Waals surface area contributed by atoms with E-state index in [9.17, 15) is 4.79 Å². The zero-order valence-corrected chi connectivity index (χ0v) is 17.2. The van der Waals surface area contributed by atoms with Gasteiger partial charge in [-0.2, -0.15) is 0 Å². The Kier molecular flexibility index (Phi) is 7.36. The second-order valence-electron chi connectivity index (χ2n) is 7.24. The molecular weight excluding hydrogens is 352 g/mol. The Hall–Kier alpha value is -1.78. The average molecular weight is 383 g/mol. The van der Waals surface area contributed by atoms with Crippen LogP contribution >= 0.6 is 11.8 Å². The smallest absolute Gasteiger partial charge is 0.254 e. The molecule has 0 bridgehead atoms.